The largest absolute Gasteiger partial charge is 0.493 e. The van der Waals surface area contributed by atoms with Crippen LogP contribution in [0.3, 0.4) is 0 Å². The maximum Gasteiger partial charge on any atom is 0.329 e. The topological polar surface area (TPSA) is 109 Å². The number of hydrazone groups is 1. The normalized spacial score (nSPS) is 13.6. The van der Waals surface area contributed by atoms with Gasteiger partial charge < -0.3 is 19.7 Å². The van der Waals surface area contributed by atoms with Crippen molar-refractivity contribution in [3.8, 4) is 11.5 Å². The van der Waals surface area contributed by atoms with Crippen molar-refractivity contribution in [2.75, 3.05) is 33.4 Å². The van der Waals surface area contributed by atoms with Crippen LogP contribution in [-0.2, 0) is 14.4 Å². The molecule has 1 heterocycles. The molecule has 3 amide bonds. The number of benzene rings is 1. The standard InChI is InChI=1S/C20H28N4O5/c1-14(2)11-21-19(26)20(27)23-22-12-15-6-7-16(17(10-15)28-3)29-13-18(25)24-8-4-5-9-24/h6-7,10,12,14H,4-5,8-9,11,13H2,1-3H3,(H,21,26)(H,23,27)/b22-12-. The lowest BCUT2D eigenvalue weighted by molar-refractivity contribution is -0.139. The molecule has 29 heavy (non-hydrogen) atoms. The minimum Gasteiger partial charge on any atom is -0.493 e. The molecule has 0 bridgehead atoms. The minimum absolute atomic E-state index is 0.0475. The van der Waals surface area contributed by atoms with E-state index in [-0.39, 0.29) is 18.4 Å². The van der Waals surface area contributed by atoms with Gasteiger partial charge in [-0.05, 0) is 42.5 Å². The van der Waals surface area contributed by atoms with E-state index >= 15 is 0 Å². The van der Waals surface area contributed by atoms with Gasteiger partial charge in [0.2, 0.25) is 0 Å². The zero-order valence-electron chi connectivity index (χ0n) is 17.1. The van der Waals surface area contributed by atoms with Crippen molar-refractivity contribution in [3.05, 3.63) is 23.8 Å². The van der Waals surface area contributed by atoms with Crippen LogP contribution < -0.4 is 20.2 Å². The monoisotopic (exact) mass is 404 g/mol. The number of amides is 3. The highest BCUT2D eigenvalue weighted by molar-refractivity contribution is 6.35. The molecule has 1 aromatic carbocycles. The third kappa shape index (κ3) is 7.10. The molecule has 2 N–H and O–H groups in total. The Morgan fingerprint density at radius 1 is 1.17 bits per heavy atom. The van der Waals surface area contributed by atoms with Gasteiger partial charge >= 0.3 is 11.8 Å². The Morgan fingerprint density at radius 3 is 2.55 bits per heavy atom. The van der Waals surface area contributed by atoms with E-state index in [1.54, 1.807) is 23.1 Å². The lowest BCUT2D eigenvalue weighted by atomic mass is 10.2. The first-order valence-electron chi connectivity index (χ1n) is 9.60. The Balaban J connectivity index is 1.88. The van der Waals surface area contributed by atoms with E-state index in [4.69, 9.17) is 9.47 Å². The number of hydrogen-bond donors (Lipinski definition) is 2. The van der Waals surface area contributed by atoms with Gasteiger partial charge in [0.05, 0.1) is 13.3 Å². The van der Waals surface area contributed by atoms with Crippen LogP contribution >= 0.6 is 0 Å². The summed E-state index contributed by atoms with van der Waals surface area (Å²) in [5.41, 5.74) is 2.80. The number of methoxy groups -OCH3 is 1. The van der Waals surface area contributed by atoms with Gasteiger partial charge in [-0.3, -0.25) is 14.4 Å². The quantitative estimate of drug-likeness (QED) is 0.380. The van der Waals surface area contributed by atoms with Crippen LogP contribution in [0.2, 0.25) is 0 Å². The average Bonchev–Trinajstić information content (AvgIpc) is 3.25. The minimum atomic E-state index is -0.839. The molecule has 0 aromatic heterocycles. The number of rotatable bonds is 8. The van der Waals surface area contributed by atoms with Gasteiger partial charge in [-0.1, -0.05) is 13.8 Å². The van der Waals surface area contributed by atoms with Gasteiger partial charge in [-0.15, -0.1) is 0 Å². The molecule has 0 unspecified atom stereocenters. The molecular weight excluding hydrogens is 376 g/mol. The van der Waals surface area contributed by atoms with E-state index in [9.17, 15) is 14.4 Å². The van der Waals surface area contributed by atoms with Crippen molar-refractivity contribution < 1.29 is 23.9 Å². The van der Waals surface area contributed by atoms with E-state index in [1.807, 2.05) is 13.8 Å². The molecule has 0 radical (unpaired) electrons. The van der Waals surface area contributed by atoms with Crippen LogP contribution in [0.25, 0.3) is 0 Å². The van der Waals surface area contributed by atoms with Crippen molar-refractivity contribution in [2.45, 2.75) is 26.7 Å². The molecule has 0 saturated carbocycles. The fourth-order valence-electron chi connectivity index (χ4n) is 2.67. The van der Waals surface area contributed by atoms with E-state index in [0.717, 1.165) is 25.9 Å². The van der Waals surface area contributed by atoms with Gasteiger partial charge in [0.15, 0.2) is 18.1 Å². The fraction of sp³-hybridized carbons (Fsp3) is 0.500. The lowest BCUT2D eigenvalue weighted by Crippen LogP contribution is -2.39. The molecule has 0 atom stereocenters. The van der Waals surface area contributed by atoms with Crippen molar-refractivity contribution in [2.24, 2.45) is 11.0 Å². The molecule has 2 rings (SSSR count). The number of likely N-dealkylation sites (tertiary alicyclic amines) is 1. The van der Waals surface area contributed by atoms with Gasteiger partial charge in [0.1, 0.15) is 0 Å². The molecule has 1 aromatic rings. The Labute approximate surface area is 170 Å². The summed E-state index contributed by atoms with van der Waals surface area (Å²) in [5, 5.41) is 6.29. The van der Waals surface area contributed by atoms with Crippen LogP contribution in [0.15, 0.2) is 23.3 Å². The number of hydrogen-bond acceptors (Lipinski definition) is 6. The second-order valence-electron chi connectivity index (χ2n) is 7.09. The maximum atomic E-state index is 12.1. The predicted octanol–water partition coefficient (Wildman–Crippen LogP) is 0.919. The van der Waals surface area contributed by atoms with Gasteiger partial charge in [-0.25, -0.2) is 5.43 Å². The van der Waals surface area contributed by atoms with Crippen LogP contribution in [0.4, 0.5) is 0 Å². The predicted molar refractivity (Wildman–Crippen MR) is 108 cm³/mol. The summed E-state index contributed by atoms with van der Waals surface area (Å²) in [7, 11) is 1.49. The van der Waals surface area contributed by atoms with E-state index in [2.05, 4.69) is 15.8 Å². The maximum absolute atomic E-state index is 12.1. The first kappa shape index (κ1) is 22.2. The molecule has 1 saturated heterocycles. The Morgan fingerprint density at radius 2 is 1.90 bits per heavy atom. The highest BCUT2D eigenvalue weighted by Gasteiger charge is 2.19. The molecule has 0 aliphatic carbocycles. The third-order valence-corrected chi connectivity index (χ3v) is 4.25. The first-order valence-corrected chi connectivity index (χ1v) is 9.60. The highest BCUT2D eigenvalue weighted by atomic mass is 16.5. The smallest absolute Gasteiger partial charge is 0.329 e. The van der Waals surface area contributed by atoms with Gasteiger partial charge in [-0.2, -0.15) is 5.10 Å². The van der Waals surface area contributed by atoms with E-state index in [1.165, 1.54) is 13.3 Å². The number of carbonyl (C=O) groups is 3. The van der Waals surface area contributed by atoms with E-state index < -0.39 is 11.8 Å². The Hall–Kier alpha value is -3.10. The molecule has 9 nitrogen and oxygen atoms in total. The van der Waals surface area contributed by atoms with Crippen LogP contribution in [0.5, 0.6) is 11.5 Å². The zero-order valence-corrected chi connectivity index (χ0v) is 17.1. The molecular formula is C20H28N4O5. The first-order chi connectivity index (χ1) is 13.9. The van der Waals surface area contributed by atoms with Crippen molar-refractivity contribution >= 4 is 23.9 Å². The molecule has 1 aliphatic heterocycles. The lowest BCUT2D eigenvalue weighted by Gasteiger charge is -2.16. The third-order valence-electron chi connectivity index (χ3n) is 4.25. The van der Waals surface area contributed by atoms with Gasteiger partial charge in [0.25, 0.3) is 5.91 Å². The van der Waals surface area contributed by atoms with Crippen LogP contribution in [0.1, 0.15) is 32.3 Å². The average molecular weight is 404 g/mol. The summed E-state index contributed by atoms with van der Waals surface area (Å²) in [6, 6.07) is 5.02. The summed E-state index contributed by atoms with van der Waals surface area (Å²) < 4.78 is 10.9. The molecule has 1 fully saturated rings. The van der Waals surface area contributed by atoms with E-state index in [0.29, 0.717) is 23.6 Å². The second-order valence-corrected chi connectivity index (χ2v) is 7.09. The summed E-state index contributed by atoms with van der Waals surface area (Å²) in [4.78, 5) is 37.1. The molecule has 158 valence electrons. The molecule has 9 heteroatoms. The molecule has 0 spiro atoms. The Bertz CT molecular complexity index is 757. The van der Waals surface area contributed by atoms with Crippen LogP contribution in [0, 0.1) is 5.92 Å². The van der Waals surface area contributed by atoms with Crippen molar-refractivity contribution in [1.29, 1.82) is 0 Å². The van der Waals surface area contributed by atoms with Crippen molar-refractivity contribution in [1.82, 2.24) is 15.6 Å². The van der Waals surface area contributed by atoms with Crippen molar-refractivity contribution in [3.63, 3.8) is 0 Å². The summed E-state index contributed by atoms with van der Waals surface area (Å²) >= 11 is 0. The van der Waals surface area contributed by atoms with Gasteiger partial charge in [0, 0.05) is 19.6 Å². The fourth-order valence-corrected chi connectivity index (χ4v) is 2.67. The zero-order chi connectivity index (χ0) is 21.2. The molecule has 1 aliphatic rings. The number of ether oxygens (including phenoxy) is 2. The summed E-state index contributed by atoms with van der Waals surface area (Å²) in [6.45, 7) is 5.77. The highest BCUT2D eigenvalue weighted by Crippen LogP contribution is 2.27. The summed E-state index contributed by atoms with van der Waals surface area (Å²) in [5.74, 6) is -0.504. The number of nitrogens with zero attached hydrogens (tertiary/aromatic N) is 2. The number of carbonyl (C=O) groups excluding carboxylic acids is 3. The van der Waals surface area contributed by atoms with Crippen LogP contribution in [-0.4, -0.2) is 62.2 Å². The summed E-state index contributed by atoms with van der Waals surface area (Å²) in [6.07, 6.45) is 3.44. The number of nitrogens with one attached hydrogen (secondary N) is 2. The second kappa shape index (κ2) is 11.0. The SMILES string of the molecule is COc1cc(/C=N\NC(=O)C(=O)NCC(C)C)ccc1OCC(=O)N1CCCC1. The Kier molecular flexibility index (Phi) is 8.45.